The second-order valence-electron chi connectivity index (χ2n) is 7.22. The molecular weight excluding hydrogens is 372 g/mol. The molecule has 1 aromatic heterocycles. The fourth-order valence-electron chi connectivity index (χ4n) is 3.80. The van der Waals surface area contributed by atoms with Crippen molar-refractivity contribution in [2.45, 2.75) is 30.6 Å². The summed E-state index contributed by atoms with van der Waals surface area (Å²) >= 11 is 0. The van der Waals surface area contributed by atoms with E-state index in [0.717, 1.165) is 30.8 Å². The molecule has 1 aliphatic heterocycles. The monoisotopic (exact) mass is 398 g/mol. The van der Waals surface area contributed by atoms with Crippen molar-refractivity contribution in [1.82, 2.24) is 8.87 Å². The molecule has 28 heavy (non-hydrogen) atoms. The van der Waals surface area contributed by atoms with Crippen molar-refractivity contribution in [2.24, 2.45) is 0 Å². The van der Waals surface area contributed by atoms with Crippen LogP contribution >= 0.6 is 0 Å². The summed E-state index contributed by atoms with van der Waals surface area (Å²) in [4.78, 5) is 2.73. The topological polar surface area (TPSA) is 51.5 Å². The molecule has 0 atom stereocenters. The van der Waals surface area contributed by atoms with Gasteiger partial charge in [-0.1, -0.05) is 37.1 Å². The summed E-state index contributed by atoms with van der Waals surface area (Å²) in [7, 11) is -3.63. The second-order valence-corrected chi connectivity index (χ2v) is 9.04. The number of rotatable bonds is 6. The summed E-state index contributed by atoms with van der Waals surface area (Å²) in [6, 6.07) is 15.9. The number of ether oxygens (including phenoxy) is 1. The van der Waals surface area contributed by atoms with E-state index in [9.17, 15) is 8.42 Å². The first kappa shape index (κ1) is 19.0. The molecule has 3 aromatic rings. The Morgan fingerprint density at radius 3 is 2.36 bits per heavy atom. The molecule has 0 saturated carbocycles. The summed E-state index contributed by atoms with van der Waals surface area (Å²) in [6.45, 7) is 3.79. The van der Waals surface area contributed by atoms with Gasteiger partial charge in [0.15, 0.2) is 0 Å². The number of hydrogen-bond acceptors (Lipinski definition) is 4. The van der Waals surface area contributed by atoms with Gasteiger partial charge in [0.25, 0.3) is 10.0 Å². The lowest BCUT2D eigenvalue weighted by Gasteiger charge is -2.19. The van der Waals surface area contributed by atoms with E-state index in [0.29, 0.717) is 12.1 Å². The van der Waals surface area contributed by atoms with Gasteiger partial charge < -0.3 is 4.74 Å². The van der Waals surface area contributed by atoms with Gasteiger partial charge in [0.1, 0.15) is 12.4 Å². The Labute approximate surface area is 166 Å². The van der Waals surface area contributed by atoms with Gasteiger partial charge >= 0.3 is 0 Å². The third-order valence-electron chi connectivity index (χ3n) is 5.32. The normalized spacial score (nSPS) is 16.1. The molecule has 148 valence electrons. The van der Waals surface area contributed by atoms with Crippen molar-refractivity contribution in [1.29, 1.82) is 0 Å². The van der Waals surface area contributed by atoms with E-state index in [4.69, 9.17) is 4.74 Å². The minimum absolute atomic E-state index is 0.278. The van der Waals surface area contributed by atoms with Gasteiger partial charge in [-0.05, 0) is 56.3 Å². The molecule has 0 aliphatic carbocycles. The zero-order valence-electron chi connectivity index (χ0n) is 16.0. The predicted octanol–water partition coefficient (Wildman–Crippen LogP) is 4.13. The third kappa shape index (κ3) is 3.93. The lowest BCUT2D eigenvalue weighted by Crippen LogP contribution is -2.29. The highest BCUT2D eigenvalue weighted by Gasteiger charge is 2.19. The average molecular weight is 399 g/mol. The van der Waals surface area contributed by atoms with Crippen LogP contribution in [0.4, 0.5) is 0 Å². The van der Waals surface area contributed by atoms with Crippen LogP contribution < -0.4 is 4.74 Å². The lowest BCUT2D eigenvalue weighted by molar-refractivity contribution is 0.215. The Kier molecular flexibility index (Phi) is 5.69. The number of aromatic nitrogens is 1. The molecule has 1 fully saturated rings. The zero-order chi connectivity index (χ0) is 19.4. The lowest BCUT2D eigenvalue weighted by atomic mass is 10.2. The molecule has 0 amide bonds. The van der Waals surface area contributed by atoms with Crippen molar-refractivity contribution in [3.05, 3.63) is 60.8 Å². The molecule has 4 rings (SSSR count). The van der Waals surface area contributed by atoms with E-state index in [2.05, 4.69) is 4.90 Å². The third-order valence-corrected chi connectivity index (χ3v) is 7.03. The summed E-state index contributed by atoms with van der Waals surface area (Å²) in [5.74, 6) is 0.731. The Morgan fingerprint density at radius 2 is 1.61 bits per heavy atom. The summed E-state index contributed by atoms with van der Waals surface area (Å²) in [5.41, 5.74) is 0.635. The van der Waals surface area contributed by atoms with Gasteiger partial charge in [-0.2, -0.15) is 0 Å². The second kappa shape index (κ2) is 8.37. The first-order valence-corrected chi connectivity index (χ1v) is 11.4. The quantitative estimate of drug-likeness (QED) is 0.626. The van der Waals surface area contributed by atoms with Gasteiger partial charge in [-0.3, -0.25) is 4.90 Å². The van der Waals surface area contributed by atoms with Crippen molar-refractivity contribution >= 4 is 20.9 Å². The first-order valence-electron chi connectivity index (χ1n) is 9.92. The van der Waals surface area contributed by atoms with Crippen LogP contribution in [-0.2, 0) is 10.0 Å². The molecule has 2 aromatic carbocycles. The first-order chi connectivity index (χ1) is 13.7. The minimum Gasteiger partial charge on any atom is -0.492 e. The number of likely N-dealkylation sites (tertiary alicyclic amines) is 1. The maximum absolute atomic E-state index is 13.0. The fraction of sp³-hybridized carbons (Fsp3) is 0.364. The standard InChI is InChI=1S/C22H26N2O3S/c25-28(26,19-9-4-3-5-10-19)24-16-13-20-21(24)11-8-12-22(20)27-18-17-23-14-6-1-2-7-15-23/h3-5,8-13,16H,1-2,6-7,14-15,17-18H2. The van der Waals surface area contributed by atoms with Crippen LogP contribution in [0.1, 0.15) is 25.7 Å². The smallest absolute Gasteiger partial charge is 0.268 e. The van der Waals surface area contributed by atoms with Gasteiger partial charge in [-0.25, -0.2) is 12.4 Å². The highest BCUT2D eigenvalue weighted by atomic mass is 32.2. The van der Waals surface area contributed by atoms with Crippen molar-refractivity contribution < 1.29 is 13.2 Å². The van der Waals surface area contributed by atoms with E-state index in [1.807, 2.05) is 30.3 Å². The fourth-order valence-corrected chi connectivity index (χ4v) is 5.17. The van der Waals surface area contributed by atoms with Crippen LogP contribution in [-0.4, -0.2) is 43.5 Å². The Balaban J connectivity index is 1.54. The largest absolute Gasteiger partial charge is 0.492 e. The molecule has 2 heterocycles. The molecule has 1 saturated heterocycles. The number of fused-ring (bicyclic) bond motifs is 1. The summed E-state index contributed by atoms with van der Waals surface area (Å²) in [5, 5.41) is 0.817. The number of benzene rings is 2. The maximum Gasteiger partial charge on any atom is 0.268 e. The SMILES string of the molecule is O=S(=O)(c1ccccc1)n1ccc2c(OCCN3CCCCCC3)cccc21. The van der Waals surface area contributed by atoms with Gasteiger partial charge in [0, 0.05) is 18.1 Å². The Morgan fingerprint density at radius 1 is 0.857 bits per heavy atom. The molecular formula is C22H26N2O3S. The zero-order valence-corrected chi connectivity index (χ0v) is 16.8. The van der Waals surface area contributed by atoms with E-state index in [-0.39, 0.29) is 4.90 Å². The molecule has 0 unspecified atom stereocenters. The van der Waals surface area contributed by atoms with Crippen molar-refractivity contribution in [3.8, 4) is 5.75 Å². The number of nitrogens with zero attached hydrogens (tertiary/aromatic N) is 2. The highest BCUT2D eigenvalue weighted by Crippen LogP contribution is 2.29. The average Bonchev–Trinajstić information content (AvgIpc) is 3.00. The molecule has 0 N–H and O–H groups in total. The van der Waals surface area contributed by atoms with Crippen LogP contribution in [0.5, 0.6) is 5.75 Å². The van der Waals surface area contributed by atoms with Crippen LogP contribution in [0.15, 0.2) is 65.7 Å². The van der Waals surface area contributed by atoms with E-state index < -0.39 is 10.0 Å². The van der Waals surface area contributed by atoms with Gasteiger partial charge in [0.2, 0.25) is 0 Å². The van der Waals surface area contributed by atoms with Crippen LogP contribution in [0.2, 0.25) is 0 Å². The summed E-state index contributed by atoms with van der Waals surface area (Å²) < 4.78 is 33.4. The summed E-state index contributed by atoms with van der Waals surface area (Å²) in [6.07, 6.45) is 6.76. The van der Waals surface area contributed by atoms with Crippen LogP contribution in [0.3, 0.4) is 0 Å². The van der Waals surface area contributed by atoms with Crippen LogP contribution in [0.25, 0.3) is 10.9 Å². The van der Waals surface area contributed by atoms with E-state index in [1.54, 1.807) is 30.5 Å². The highest BCUT2D eigenvalue weighted by molar-refractivity contribution is 7.90. The van der Waals surface area contributed by atoms with Gasteiger partial charge in [-0.15, -0.1) is 0 Å². The molecule has 6 heteroatoms. The number of hydrogen-bond donors (Lipinski definition) is 0. The van der Waals surface area contributed by atoms with Crippen molar-refractivity contribution in [3.63, 3.8) is 0 Å². The van der Waals surface area contributed by atoms with Crippen molar-refractivity contribution in [2.75, 3.05) is 26.2 Å². The molecule has 0 radical (unpaired) electrons. The predicted molar refractivity (Wildman–Crippen MR) is 111 cm³/mol. The van der Waals surface area contributed by atoms with Gasteiger partial charge in [0.05, 0.1) is 10.4 Å². The minimum atomic E-state index is -3.63. The molecule has 5 nitrogen and oxygen atoms in total. The van der Waals surface area contributed by atoms with E-state index >= 15 is 0 Å². The van der Waals surface area contributed by atoms with E-state index in [1.165, 1.54) is 29.7 Å². The Bertz CT molecular complexity index is 1020. The molecule has 1 aliphatic rings. The molecule has 0 spiro atoms. The Hall–Kier alpha value is -2.31. The maximum atomic E-state index is 13.0. The van der Waals surface area contributed by atoms with Crippen LogP contribution in [0, 0.1) is 0 Å². The molecule has 0 bridgehead atoms.